The first kappa shape index (κ1) is 20.2. The summed E-state index contributed by atoms with van der Waals surface area (Å²) in [7, 11) is 1.65. The van der Waals surface area contributed by atoms with E-state index in [4.69, 9.17) is 4.74 Å². The van der Waals surface area contributed by atoms with Crippen LogP contribution in [0.4, 0.5) is 0 Å². The first-order chi connectivity index (χ1) is 12.2. The first-order valence-electron chi connectivity index (χ1n) is 9.16. The lowest BCUT2D eigenvalue weighted by molar-refractivity contribution is 0.0890. The lowest BCUT2D eigenvalue weighted by Crippen LogP contribution is -2.40. The van der Waals surface area contributed by atoms with E-state index in [2.05, 4.69) is 57.2 Å². The maximum absolute atomic E-state index is 12.8. The van der Waals surface area contributed by atoms with Crippen LogP contribution in [0.1, 0.15) is 62.3 Å². The number of hydrogen-bond acceptors (Lipinski definition) is 3. The number of ether oxygens (including phenoxy) is 1. The van der Waals surface area contributed by atoms with Crippen LogP contribution in [-0.2, 0) is 16.7 Å². The van der Waals surface area contributed by atoms with Gasteiger partial charge in [0.2, 0.25) is 0 Å². The van der Waals surface area contributed by atoms with Crippen LogP contribution in [0.2, 0.25) is 0 Å². The molecular formula is C21H31N3O2. The molecule has 0 saturated heterocycles. The van der Waals surface area contributed by atoms with Crippen molar-refractivity contribution in [1.82, 2.24) is 15.1 Å². The van der Waals surface area contributed by atoms with E-state index in [1.165, 1.54) is 0 Å². The molecule has 26 heavy (non-hydrogen) atoms. The molecule has 1 aromatic carbocycles. The lowest BCUT2D eigenvalue weighted by atomic mass is 10.1. The van der Waals surface area contributed by atoms with Crippen molar-refractivity contribution in [3.63, 3.8) is 0 Å². The fourth-order valence-corrected chi connectivity index (χ4v) is 2.97. The fraction of sp³-hybridized carbons (Fsp3) is 0.524. The zero-order chi connectivity index (χ0) is 19.3. The van der Waals surface area contributed by atoms with Crippen molar-refractivity contribution in [2.75, 3.05) is 13.7 Å². The summed E-state index contributed by atoms with van der Waals surface area (Å²) in [5, 5.41) is 7.66. The maximum Gasteiger partial charge on any atom is 0.272 e. The van der Waals surface area contributed by atoms with Gasteiger partial charge in [0.15, 0.2) is 0 Å². The SMILES string of the molecule is COCC(Cc1ccccc1)NC(=O)c1cc(C(C)C)n(C(C)(C)C)n1. The highest BCUT2D eigenvalue weighted by atomic mass is 16.5. The molecule has 0 saturated carbocycles. The summed E-state index contributed by atoms with van der Waals surface area (Å²) in [5.74, 6) is 0.134. The standard InChI is InChI=1S/C21H31N3O2/c1-15(2)19-13-18(23-24(19)21(3,4)5)20(25)22-17(14-26-6)12-16-10-8-7-9-11-16/h7-11,13,15,17H,12,14H2,1-6H3,(H,22,25). The Morgan fingerprint density at radius 1 is 1.23 bits per heavy atom. The van der Waals surface area contributed by atoms with Crippen molar-refractivity contribution in [2.45, 2.75) is 58.5 Å². The summed E-state index contributed by atoms with van der Waals surface area (Å²) >= 11 is 0. The third-order valence-corrected chi connectivity index (χ3v) is 4.22. The molecule has 2 rings (SSSR count). The minimum absolute atomic E-state index is 0.0998. The Balaban J connectivity index is 2.18. The molecule has 0 aliphatic rings. The molecule has 0 aliphatic heterocycles. The molecule has 142 valence electrons. The Morgan fingerprint density at radius 2 is 1.88 bits per heavy atom. The topological polar surface area (TPSA) is 56.1 Å². The average molecular weight is 357 g/mol. The van der Waals surface area contributed by atoms with Gasteiger partial charge in [0.1, 0.15) is 5.69 Å². The Bertz CT molecular complexity index is 715. The molecule has 1 aromatic heterocycles. The molecule has 0 spiro atoms. The van der Waals surface area contributed by atoms with Gasteiger partial charge in [0.05, 0.1) is 18.2 Å². The molecule has 5 heteroatoms. The molecule has 1 amide bonds. The zero-order valence-electron chi connectivity index (χ0n) is 16.7. The third kappa shape index (κ3) is 5.18. The van der Waals surface area contributed by atoms with Gasteiger partial charge < -0.3 is 10.1 Å². The van der Waals surface area contributed by atoms with Gasteiger partial charge in [0, 0.05) is 12.8 Å². The van der Waals surface area contributed by atoms with Crippen LogP contribution in [0.5, 0.6) is 0 Å². The van der Waals surface area contributed by atoms with Crippen LogP contribution in [0.15, 0.2) is 36.4 Å². The van der Waals surface area contributed by atoms with Gasteiger partial charge in [-0.1, -0.05) is 44.2 Å². The van der Waals surface area contributed by atoms with E-state index in [9.17, 15) is 4.79 Å². The number of nitrogens with one attached hydrogen (secondary N) is 1. The van der Waals surface area contributed by atoms with Crippen LogP contribution in [0.3, 0.4) is 0 Å². The van der Waals surface area contributed by atoms with E-state index in [-0.39, 0.29) is 17.5 Å². The second kappa shape index (κ2) is 8.49. The number of amides is 1. The summed E-state index contributed by atoms with van der Waals surface area (Å²) in [6.45, 7) is 11.0. The molecule has 2 aromatic rings. The normalized spacial score (nSPS) is 13.0. The number of benzene rings is 1. The third-order valence-electron chi connectivity index (χ3n) is 4.22. The van der Waals surface area contributed by atoms with Gasteiger partial charge in [-0.3, -0.25) is 9.48 Å². The highest BCUT2D eigenvalue weighted by Gasteiger charge is 2.24. The second-order valence-electron chi connectivity index (χ2n) is 8.01. The van der Waals surface area contributed by atoms with E-state index in [0.717, 1.165) is 17.7 Å². The van der Waals surface area contributed by atoms with E-state index in [1.807, 2.05) is 28.9 Å². The molecule has 1 heterocycles. The van der Waals surface area contributed by atoms with Gasteiger partial charge in [0.25, 0.3) is 5.91 Å². The summed E-state index contributed by atoms with van der Waals surface area (Å²) < 4.78 is 7.25. The molecular weight excluding hydrogens is 326 g/mol. The molecule has 0 fully saturated rings. The predicted octanol–water partition coefficient (Wildman–Crippen LogP) is 3.75. The maximum atomic E-state index is 12.8. The molecule has 1 unspecified atom stereocenters. The van der Waals surface area contributed by atoms with E-state index in [1.54, 1.807) is 7.11 Å². The van der Waals surface area contributed by atoms with Gasteiger partial charge >= 0.3 is 0 Å². The van der Waals surface area contributed by atoms with Gasteiger partial charge in [-0.05, 0) is 44.7 Å². The smallest absolute Gasteiger partial charge is 0.272 e. The Hall–Kier alpha value is -2.14. The van der Waals surface area contributed by atoms with Crippen molar-refractivity contribution in [1.29, 1.82) is 0 Å². The molecule has 5 nitrogen and oxygen atoms in total. The summed E-state index contributed by atoms with van der Waals surface area (Å²) in [4.78, 5) is 12.8. The molecule has 0 bridgehead atoms. The zero-order valence-corrected chi connectivity index (χ0v) is 16.7. The molecule has 1 atom stereocenters. The Kier molecular flexibility index (Phi) is 6.59. The van der Waals surface area contributed by atoms with Gasteiger partial charge in [-0.25, -0.2) is 0 Å². The lowest BCUT2D eigenvalue weighted by Gasteiger charge is -2.23. The Morgan fingerprint density at radius 3 is 2.38 bits per heavy atom. The highest BCUT2D eigenvalue weighted by Crippen LogP contribution is 2.23. The van der Waals surface area contributed by atoms with Crippen LogP contribution in [-0.4, -0.2) is 35.4 Å². The number of carbonyl (C=O) groups excluding carboxylic acids is 1. The Labute approximate surface area is 156 Å². The van der Waals surface area contributed by atoms with E-state index in [0.29, 0.717) is 18.2 Å². The molecule has 1 N–H and O–H groups in total. The van der Waals surface area contributed by atoms with Crippen LogP contribution >= 0.6 is 0 Å². The van der Waals surface area contributed by atoms with Gasteiger partial charge in [-0.15, -0.1) is 0 Å². The number of aromatic nitrogens is 2. The molecule has 0 radical (unpaired) electrons. The fourth-order valence-electron chi connectivity index (χ4n) is 2.97. The monoisotopic (exact) mass is 357 g/mol. The van der Waals surface area contributed by atoms with Crippen LogP contribution in [0, 0.1) is 0 Å². The predicted molar refractivity (Wildman–Crippen MR) is 105 cm³/mol. The number of nitrogens with zero attached hydrogens (tertiary/aromatic N) is 2. The summed E-state index contributed by atoms with van der Waals surface area (Å²) in [6.07, 6.45) is 0.720. The summed E-state index contributed by atoms with van der Waals surface area (Å²) in [5.41, 5.74) is 2.51. The largest absolute Gasteiger partial charge is 0.383 e. The number of carbonyl (C=O) groups is 1. The first-order valence-corrected chi connectivity index (χ1v) is 9.16. The second-order valence-corrected chi connectivity index (χ2v) is 8.01. The number of rotatable bonds is 7. The van der Waals surface area contributed by atoms with Crippen molar-refractivity contribution < 1.29 is 9.53 Å². The van der Waals surface area contributed by atoms with Crippen molar-refractivity contribution in [3.05, 3.63) is 53.3 Å². The molecule has 0 aliphatic carbocycles. The van der Waals surface area contributed by atoms with Crippen molar-refractivity contribution in [3.8, 4) is 0 Å². The van der Waals surface area contributed by atoms with E-state index >= 15 is 0 Å². The summed E-state index contributed by atoms with van der Waals surface area (Å²) in [6, 6.07) is 11.9. The number of hydrogen-bond donors (Lipinski definition) is 1. The quantitative estimate of drug-likeness (QED) is 0.821. The minimum Gasteiger partial charge on any atom is -0.383 e. The number of methoxy groups -OCH3 is 1. The minimum atomic E-state index is -0.173. The van der Waals surface area contributed by atoms with Crippen LogP contribution < -0.4 is 5.32 Å². The van der Waals surface area contributed by atoms with Gasteiger partial charge in [-0.2, -0.15) is 5.10 Å². The van der Waals surface area contributed by atoms with Crippen LogP contribution in [0.25, 0.3) is 0 Å². The van der Waals surface area contributed by atoms with Crippen molar-refractivity contribution in [2.24, 2.45) is 0 Å². The average Bonchev–Trinajstić information content (AvgIpc) is 3.02. The van der Waals surface area contributed by atoms with Crippen molar-refractivity contribution >= 4 is 5.91 Å². The van der Waals surface area contributed by atoms with E-state index < -0.39 is 0 Å². The highest BCUT2D eigenvalue weighted by molar-refractivity contribution is 5.92.